The molecule has 0 unspecified atom stereocenters. The fraction of sp³-hybridized carbons (Fsp3) is 0.200. The molecule has 2 aromatic carbocycles. The second kappa shape index (κ2) is 10.1. The highest BCUT2D eigenvalue weighted by molar-refractivity contribution is 7.98. The van der Waals surface area contributed by atoms with Crippen molar-refractivity contribution in [2.45, 2.75) is 22.5 Å². The number of carbonyl (C=O) groups is 2. The molecule has 0 aliphatic heterocycles. The molecule has 9 heteroatoms. The smallest absolute Gasteiger partial charge is 0.339 e. The third kappa shape index (κ3) is 6.10. The van der Waals surface area contributed by atoms with Gasteiger partial charge >= 0.3 is 5.97 Å². The number of nitrogens with zero attached hydrogens (tertiary/aromatic N) is 2. The van der Waals surface area contributed by atoms with Crippen molar-refractivity contribution in [2.75, 3.05) is 18.2 Å². The van der Waals surface area contributed by atoms with E-state index in [1.807, 2.05) is 30.5 Å². The second-order valence-electron chi connectivity index (χ2n) is 5.88. The quantitative estimate of drug-likeness (QED) is 0.421. The zero-order valence-corrected chi connectivity index (χ0v) is 17.5. The molecule has 1 N–H and O–H groups in total. The lowest BCUT2D eigenvalue weighted by atomic mass is 10.2. The van der Waals surface area contributed by atoms with Crippen LogP contribution in [-0.2, 0) is 15.3 Å². The normalized spacial score (nSPS) is 10.6. The molecule has 150 valence electrons. The van der Waals surface area contributed by atoms with Gasteiger partial charge < -0.3 is 14.6 Å². The van der Waals surface area contributed by atoms with Gasteiger partial charge in [-0.25, -0.2) is 4.79 Å². The first-order chi connectivity index (χ1) is 14.0. The Balaban J connectivity index is 1.56. The summed E-state index contributed by atoms with van der Waals surface area (Å²) in [5.74, 6) is 0.494. The number of aryl methyl sites for hydroxylation is 1. The maximum absolute atomic E-state index is 12.5. The first-order valence-corrected chi connectivity index (χ1v) is 10.9. The van der Waals surface area contributed by atoms with Crippen molar-refractivity contribution in [1.82, 2.24) is 10.1 Å². The average molecular weight is 430 g/mol. The van der Waals surface area contributed by atoms with Gasteiger partial charge in [-0.15, -0.1) is 23.5 Å². The average Bonchev–Trinajstić information content (AvgIpc) is 3.16. The van der Waals surface area contributed by atoms with Crippen LogP contribution in [0.5, 0.6) is 0 Å². The zero-order valence-electron chi connectivity index (χ0n) is 15.9. The summed E-state index contributed by atoms with van der Waals surface area (Å²) in [4.78, 5) is 30.5. The van der Waals surface area contributed by atoms with Crippen LogP contribution in [0.25, 0.3) is 0 Å². The van der Waals surface area contributed by atoms with Crippen LogP contribution in [0.15, 0.2) is 62.8 Å². The van der Waals surface area contributed by atoms with E-state index in [9.17, 15) is 9.59 Å². The number of esters is 1. The van der Waals surface area contributed by atoms with Crippen LogP contribution in [-0.4, -0.2) is 34.9 Å². The Morgan fingerprint density at radius 2 is 2.00 bits per heavy atom. The van der Waals surface area contributed by atoms with Crippen molar-refractivity contribution >= 4 is 41.1 Å². The van der Waals surface area contributed by atoms with Gasteiger partial charge in [0.15, 0.2) is 12.4 Å². The van der Waals surface area contributed by atoms with Crippen LogP contribution >= 0.6 is 23.5 Å². The van der Waals surface area contributed by atoms with E-state index < -0.39 is 11.9 Å². The zero-order chi connectivity index (χ0) is 20.6. The lowest BCUT2D eigenvalue weighted by Gasteiger charge is -2.09. The van der Waals surface area contributed by atoms with Crippen LogP contribution < -0.4 is 5.32 Å². The van der Waals surface area contributed by atoms with Crippen molar-refractivity contribution in [1.29, 1.82) is 0 Å². The van der Waals surface area contributed by atoms with E-state index in [-0.39, 0.29) is 6.61 Å². The molecule has 3 aromatic rings. The van der Waals surface area contributed by atoms with Gasteiger partial charge in [0.1, 0.15) is 0 Å². The second-order valence-corrected chi connectivity index (χ2v) is 7.77. The molecule has 0 spiro atoms. The van der Waals surface area contributed by atoms with Crippen molar-refractivity contribution in [3.05, 3.63) is 65.8 Å². The van der Waals surface area contributed by atoms with Gasteiger partial charge in [-0.3, -0.25) is 4.79 Å². The number of hydrogen-bond acceptors (Lipinski definition) is 8. The van der Waals surface area contributed by atoms with E-state index in [1.165, 1.54) is 11.8 Å². The van der Waals surface area contributed by atoms with Crippen molar-refractivity contribution in [3.63, 3.8) is 0 Å². The number of carbonyl (C=O) groups excluding carboxylic acids is 2. The van der Waals surface area contributed by atoms with Gasteiger partial charge in [0.2, 0.25) is 5.89 Å². The van der Waals surface area contributed by atoms with Crippen molar-refractivity contribution in [3.8, 4) is 0 Å². The molecule has 0 saturated carbocycles. The highest BCUT2D eigenvalue weighted by Crippen LogP contribution is 2.26. The number of rotatable bonds is 8. The van der Waals surface area contributed by atoms with Gasteiger partial charge in [0, 0.05) is 15.5 Å². The molecular weight excluding hydrogens is 410 g/mol. The fourth-order valence-corrected chi connectivity index (χ4v) is 3.74. The highest BCUT2D eigenvalue weighted by atomic mass is 32.2. The third-order valence-electron chi connectivity index (χ3n) is 3.72. The topological polar surface area (TPSA) is 94.3 Å². The number of hydrogen-bond donors (Lipinski definition) is 1. The first kappa shape index (κ1) is 20.9. The predicted octanol–water partition coefficient (Wildman–Crippen LogP) is 4.19. The van der Waals surface area contributed by atoms with Gasteiger partial charge in [0.25, 0.3) is 5.91 Å². The lowest BCUT2D eigenvalue weighted by Crippen LogP contribution is -2.21. The van der Waals surface area contributed by atoms with Crippen LogP contribution in [0.2, 0.25) is 0 Å². The van der Waals surface area contributed by atoms with E-state index in [4.69, 9.17) is 9.26 Å². The predicted molar refractivity (Wildman–Crippen MR) is 112 cm³/mol. The molecule has 7 nitrogen and oxygen atoms in total. The number of amides is 1. The SMILES string of the molecule is CSc1cccc(NC(=O)COC(=O)c2ccccc2SCc2nc(C)no2)c1. The Morgan fingerprint density at radius 1 is 1.17 bits per heavy atom. The monoisotopic (exact) mass is 429 g/mol. The number of anilines is 1. The first-order valence-electron chi connectivity index (χ1n) is 8.67. The maximum atomic E-state index is 12.5. The van der Waals surface area contributed by atoms with Crippen LogP contribution in [0.4, 0.5) is 5.69 Å². The molecule has 29 heavy (non-hydrogen) atoms. The number of aromatic nitrogens is 2. The molecular formula is C20H19N3O4S2. The van der Waals surface area contributed by atoms with Gasteiger partial charge in [0.05, 0.1) is 11.3 Å². The van der Waals surface area contributed by atoms with E-state index in [1.54, 1.807) is 43.0 Å². The Hall–Kier alpha value is -2.78. The minimum atomic E-state index is -0.567. The molecule has 0 atom stereocenters. The highest BCUT2D eigenvalue weighted by Gasteiger charge is 2.16. The molecule has 3 rings (SSSR count). The number of nitrogens with one attached hydrogen (secondary N) is 1. The van der Waals surface area contributed by atoms with E-state index in [0.29, 0.717) is 33.6 Å². The molecule has 0 bridgehead atoms. The molecule has 1 heterocycles. The summed E-state index contributed by atoms with van der Waals surface area (Å²) in [6.07, 6.45) is 1.96. The number of benzene rings is 2. The Labute approximate surface area is 176 Å². The summed E-state index contributed by atoms with van der Waals surface area (Å²) < 4.78 is 10.3. The Morgan fingerprint density at radius 3 is 2.76 bits per heavy atom. The van der Waals surface area contributed by atoms with Crippen molar-refractivity contribution < 1.29 is 18.8 Å². The fourth-order valence-electron chi connectivity index (χ4n) is 2.41. The summed E-state index contributed by atoms with van der Waals surface area (Å²) in [6.45, 7) is 1.37. The molecule has 1 aromatic heterocycles. The molecule has 0 saturated heterocycles. The Kier molecular flexibility index (Phi) is 7.31. The van der Waals surface area contributed by atoms with Gasteiger partial charge in [-0.2, -0.15) is 4.98 Å². The number of ether oxygens (including phenoxy) is 1. The van der Waals surface area contributed by atoms with E-state index in [2.05, 4.69) is 15.5 Å². The van der Waals surface area contributed by atoms with Crippen LogP contribution in [0.1, 0.15) is 22.1 Å². The molecule has 1 amide bonds. The summed E-state index contributed by atoms with van der Waals surface area (Å²) in [5, 5.41) is 6.47. The summed E-state index contributed by atoms with van der Waals surface area (Å²) >= 11 is 2.96. The van der Waals surface area contributed by atoms with E-state index in [0.717, 1.165) is 4.90 Å². The molecule has 0 fully saturated rings. The van der Waals surface area contributed by atoms with Crippen molar-refractivity contribution in [2.24, 2.45) is 0 Å². The minimum Gasteiger partial charge on any atom is -0.452 e. The minimum absolute atomic E-state index is 0.371. The molecule has 0 aliphatic carbocycles. The summed E-state index contributed by atoms with van der Waals surface area (Å²) in [6, 6.07) is 14.5. The molecule has 0 radical (unpaired) electrons. The third-order valence-corrected chi connectivity index (χ3v) is 5.50. The van der Waals surface area contributed by atoms with Gasteiger partial charge in [-0.1, -0.05) is 23.4 Å². The van der Waals surface area contributed by atoms with Crippen LogP contribution in [0.3, 0.4) is 0 Å². The molecule has 0 aliphatic rings. The maximum Gasteiger partial charge on any atom is 0.339 e. The Bertz CT molecular complexity index is 1010. The van der Waals surface area contributed by atoms with Crippen LogP contribution in [0, 0.1) is 6.92 Å². The lowest BCUT2D eigenvalue weighted by molar-refractivity contribution is -0.119. The number of thioether (sulfide) groups is 2. The summed E-state index contributed by atoms with van der Waals surface area (Å²) in [7, 11) is 0. The largest absolute Gasteiger partial charge is 0.452 e. The van der Waals surface area contributed by atoms with E-state index >= 15 is 0 Å². The summed E-state index contributed by atoms with van der Waals surface area (Å²) in [5.41, 5.74) is 1.04. The standard InChI is InChI=1S/C20H19N3O4S2/c1-13-21-19(27-23-13)12-29-17-9-4-3-8-16(17)20(25)26-11-18(24)22-14-6-5-7-15(10-14)28-2/h3-10H,11-12H2,1-2H3,(H,22,24). The van der Waals surface area contributed by atoms with Gasteiger partial charge in [-0.05, 0) is 43.5 Å².